The number of para-hydroxylation sites is 2. The molecule has 0 bridgehead atoms. The molecule has 3 rings (SSSR count). The summed E-state index contributed by atoms with van der Waals surface area (Å²) < 4.78 is 5.50. The van der Waals surface area contributed by atoms with Crippen molar-refractivity contribution in [2.24, 2.45) is 0 Å². The number of aromatic nitrogens is 1. The van der Waals surface area contributed by atoms with Gasteiger partial charge < -0.3 is 9.73 Å². The van der Waals surface area contributed by atoms with Crippen LogP contribution in [0.4, 0.5) is 5.69 Å². The van der Waals surface area contributed by atoms with Crippen LogP contribution in [-0.2, 0) is 4.79 Å². The van der Waals surface area contributed by atoms with E-state index in [-0.39, 0.29) is 5.91 Å². The second-order valence-corrected chi connectivity index (χ2v) is 4.57. The van der Waals surface area contributed by atoms with Crippen LogP contribution in [0.15, 0.2) is 59.0 Å². The summed E-state index contributed by atoms with van der Waals surface area (Å²) in [6, 6.07) is 14.5. The Morgan fingerprint density at radius 1 is 1.23 bits per heavy atom. The first-order valence-corrected chi connectivity index (χ1v) is 6.66. The summed E-state index contributed by atoms with van der Waals surface area (Å²) in [4.78, 5) is 16.1. The molecule has 106 valence electrons. The van der Waals surface area contributed by atoms with Gasteiger partial charge in [0.15, 0.2) is 5.58 Å². The van der Waals surface area contributed by atoms with Gasteiger partial charge in [0.1, 0.15) is 5.52 Å². The molecule has 0 aliphatic heterocycles. The Balaban J connectivity index is 1.71. The lowest BCUT2D eigenvalue weighted by atomic mass is 10.2. The summed E-state index contributed by atoms with van der Waals surface area (Å²) in [7, 11) is 0. The highest BCUT2D eigenvalue weighted by atomic mass is 16.3. The predicted molar refractivity (Wildman–Crippen MR) is 86.0 cm³/mol. The van der Waals surface area contributed by atoms with Gasteiger partial charge in [-0.1, -0.05) is 24.1 Å². The summed E-state index contributed by atoms with van der Waals surface area (Å²) in [6.07, 6.45) is 8.22. The zero-order chi connectivity index (χ0) is 15.4. The van der Waals surface area contributed by atoms with Crippen LogP contribution >= 0.6 is 0 Å². The first-order chi connectivity index (χ1) is 10.7. The lowest BCUT2D eigenvalue weighted by molar-refractivity contribution is -0.111. The molecule has 1 amide bonds. The standard InChI is InChI=1S/C18H12N2O2/c1-2-13-6-5-7-14(12-13)19-17(21)10-11-18-20-15-8-3-4-9-16(15)22-18/h1,3-12H,(H,19,21)/b11-10+. The van der Waals surface area contributed by atoms with Crippen molar-refractivity contribution in [2.75, 3.05) is 5.32 Å². The van der Waals surface area contributed by atoms with Gasteiger partial charge in [0.05, 0.1) is 0 Å². The summed E-state index contributed by atoms with van der Waals surface area (Å²) >= 11 is 0. The third kappa shape index (κ3) is 3.05. The van der Waals surface area contributed by atoms with Gasteiger partial charge in [-0.05, 0) is 30.3 Å². The van der Waals surface area contributed by atoms with Crippen LogP contribution in [-0.4, -0.2) is 10.9 Å². The van der Waals surface area contributed by atoms with Crippen LogP contribution in [0.1, 0.15) is 11.5 Å². The van der Waals surface area contributed by atoms with Gasteiger partial charge in [-0.2, -0.15) is 0 Å². The number of fused-ring (bicyclic) bond motifs is 1. The molecule has 1 aromatic heterocycles. The molecule has 4 heteroatoms. The summed E-state index contributed by atoms with van der Waals surface area (Å²) in [5.41, 5.74) is 2.79. The topological polar surface area (TPSA) is 55.1 Å². The fraction of sp³-hybridized carbons (Fsp3) is 0. The van der Waals surface area contributed by atoms with Crippen molar-refractivity contribution >= 4 is 28.8 Å². The van der Waals surface area contributed by atoms with Crippen LogP contribution in [0.2, 0.25) is 0 Å². The molecule has 3 aromatic rings. The van der Waals surface area contributed by atoms with Crippen molar-refractivity contribution in [2.45, 2.75) is 0 Å². The number of oxazole rings is 1. The lowest BCUT2D eigenvalue weighted by Gasteiger charge is -2.01. The number of nitrogens with one attached hydrogen (secondary N) is 1. The minimum Gasteiger partial charge on any atom is -0.437 e. The van der Waals surface area contributed by atoms with Gasteiger partial charge in [-0.3, -0.25) is 4.79 Å². The fourth-order valence-corrected chi connectivity index (χ4v) is 1.98. The van der Waals surface area contributed by atoms with E-state index in [1.165, 1.54) is 12.2 Å². The van der Waals surface area contributed by atoms with E-state index in [2.05, 4.69) is 16.2 Å². The zero-order valence-corrected chi connectivity index (χ0v) is 11.6. The van der Waals surface area contributed by atoms with Crippen LogP contribution < -0.4 is 5.32 Å². The van der Waals surface area contributed by atoms with E-state index in [9.17, 15) is 4.79 Å². The molecule has 0 spiro atoms. The fourth-order valence-electron chi connectivity index (χ4n) is 1.98. The monoisotopic (exact) mass is 288 g/mol. The smallest absolute Gasteiger partial charge is 0.248 e. The number of benzene rings is 2. The highest BCUT2D eigenvalue weighted by Gasteiger charge is 2.03. The second kappa shape index (κ2) is 5.98. The van der Waals surface area contributed by atoms with Crippen molar-refractivity contribution in [1.82, 2.24) is 4.98 Å². The Morgan fingerprint density at radius 3 is 2.91 bits per heavy atom. The summed E-state index contributed by atoms with van der Waals surface area (Å²) in [5.74, 6) is 2.62. The van der Waals surface area contributed by atoms with Gasteiger partial charge in [0.25, 0.3) is 0 Å². The van der Waals surface area contributed by atoms with Crippen LogP contribution in [0.5, 0.6) is 0 Å². The van der Waals surface area contributed by atoms with Crippen molar-refractivity contribution in [3.05, 3.63) is 66.1 Å². The molecule has 22 heavy (non-hydrogen) atoms. The quantitative estimate of drug-likeness (QED) is 0.593. The van der Waals surface area contributed by atoms with Gasteiger partial charge in [0.2, 0.25) is 11.8 Å². The van der Waals surface area contributed by atoms with Gasteiger partial charge in [-0.15, -0.1) is 6.42 Å². The normalized spacial score (nSPS) is 10.7. The minimum absolute atomic E-state index is 0.281. The number of hydrogen-bond donors (Lipinski definition) is 1. The van der Waals surface area contributed by atoms with Gasteiger partial charge in [-0.25, -0.2) is 4.98 Å². The largest absolute Gasteiger partial charge is 0.437 e. The molecule has 0 saturated heterocycles. The Kier molecular flexibility index (Phi) is 3.71. The average Bonchev–Trinajstić information content (AvgIpc) is 2.96. The number of nitrogens with zero attached hydrogens (tertiary/aromatic N) is 1. The molecule has 0 radical (unpaired) electrons. The summed E-state index contributed by atoms with van der Waals surface area (Å²) in [6.45, 7) is 0. The maximum Gasteiger partial charge on any atom is 0.248 e. The molecule has 0 aliphatic carbocycles. The zero-order valence-electron chi connectivity index (χ0n) is 11.6. The number of carbonyl (C=O) groups is 1. The van der Waals surface area contributed by atoms with Crippen molar-refractivity contribution in [1.29, 1.82) is 0 Å². The molecule has 0 unspecified atom stereocenters. The number of amides is 1. The minimum atomic E-state index is -0.281. The van der Waals surface area contributed by atoms with E-state index in [1.54, 1.807) is 24.3 Å². The Hall–Kier alpha value is -3.32. The maximum atomic E-state index is 11.9. The molecule has 4 nitrogen and oxygen atoms in total. The number of carbonyl (C=O) groups excluding carboxylic acids is 1. The van der Waals surface area contributed by atoms with Crippen LogP contribution in [0, 0.1) is 12.3 Å². The lowest BCUT2D eigenvalue weighted by Crippen LogP contribution is -2.07. The third-order valence-corrected chi connectivity index (χ3v) is 2.98. The van der Waals surface area contributed by atoms with E-state index in [4.69, 9.17) is 10.8 Å². The summed E-state index contributed by atoms with van der Waals surface area (Å²) in [5, 5.41) is 2.73. The number of anilines is 1. The van der Waals surface area contributed by atoms with Crippen molar-refractivity contribution in [3.63, 3.8) is 0 Å². The maximum absolute atomic E-state index is 11.9. The molecule has 1 N–H and O–H groups in total. The third-order valence-electron chi connectivity index (χ3n) is 2.98. The molecular formula is C18H12N2O2. The number of rotatable bonds is 3. The number of terminal acetylenes is 1. The van der Waals surface area contributed by atoms with Gasteiger partial charge >= 0.3 is 0 Å². The van der Waals surface area contributed by atoms with Crippen molar-refractivity contribution < 1.29 is 9.21 Å². The van der Waals surface area contributed by atoms with E-state index in [0.29, 0.717) is 22.7 Å². The average molecular weight is 288 g/mol. The van der Waals surface area contributed by atoms with E-state index in [0.717, 1.165) is 5.52 Å². The first-order valence-electron chi connectivity index (χ1n) is 6.66. The van der Waals surface area contributed by atoms with E-state index < -0.39 is 0 Å². The predicted octanol–water partition coefficient (Wildman–Crippen LogP) is 3.46. The van der Waals surface area contributed by atoms with Crippen LogP contribution in [0.25, 0.3) is 17.2 Å². The molecule has 0 saturated carbocycles. The SMILES string of the molecule is C#Cc1cccc(NC(=O)/C=C/c2nc3ccccc3o2)c1. The van der Waals surface area contributed by atoms with Crippen molar-refractivity contribution in [3.8, 4) is 12.3 Å². The molecular weight excluding hydrogens is 276 g/mol. The highest BCUT2D eigenvalue weighted by Crippen LogP contribution is 2.15. The van der Waals surface area contributed by atoms with E-state index in [1.807, 2.05) is 24.3 Å². The Morgan fingerprint density at radius 2 is 2.09 bits per heavy atom. The van der Waals surface area contributed by atoms with Crippen LogP contribution in [0.3, 0.4) is 0 Å². The van der Waals surface area contributed by atoms with E-state index >= 15 is 0 Å². The Bertz CT molecular complexity index is 868. The number of hydrogen-bond acceptors (Lipinski definition) is 3. The highest BCUT2D eigenvalue weighted by molar-refractivity contribution is 6.01. The molecule has 0 atom stereocenters. The Labute approximate surface area is 127 Å². The molecule has 0 fully saturated rings. The molecule has 0 aliphatic rings. The molecule has 1 heterocycles. The van der Waals surface area contributed by atoms with Gasteiger partial charge in [0, 0.05) is 23.4 Å². The molecule has 2 aromatic carbocycles. The second-order valence-electron chi connectivity index (χ2n) is 4.57. The first kappa shape index (κ1) is 13.7.